The van der Waals surface area contributed by atoms with Crippen LogP contribution in [-0.2, 0) is 16.0 Å². The second kappa shape index (κ2) is 5.55. The minimum Gasteiger partial charge on any atom is -0.456 e. The van der Waals surface area contributed by atoms with Crippen molar-refractivity contribution >= 4 is 11.7 Å². The molecule has 1 aliphatic carbocycles. The molecule has 0 fully saturated rings. The maximum atomic E-state index is 14.1. The fourth-order valence-corrected chi connectivity index (χ4v) is 4.81. The fourth-order valence-electron chi connectivity index (χ4n) is 4.81. The number of fused-ring (bicyclic) bond motifs is 5. The van der Waals surface area contributed by atoms with E-state index >= 15 is 0 Å². The molecule has 1 unspecified atom stereocenters. The van der Waals surface area contributed by atoms with Crippen molar-refractivity contribution in [3.63, 3.8) is 0 Å². The summed E-state index contributed by atoms with van der Waals surface area (Å²) in [6.07, 6.45) is 0.805. The quantitative estimate of drug-likeness (QED) is 0.492. The molecule has 1 atom stereocenters. The minimum atomic E-state index is -0.332. The summed E-state index contributed by atoms with van der Waals surface area (Å²) in [6.45, 7) is 0.233. The van der Waals surface area contributed by atoms with Gasteiger partial charge in [-0.25, -0.2) is 9.18 Å². The Hall–Kier alpha value is -3.40. The number of esters is 1. The Kier molecular flexibility index (Phi) is 3.10. The predicted octanol–water partition coefficient (Wildman–Crippen LogP) is 4.77. The van der Waals surface area contributed by atoms with Crippen molar-refractivity contribution in [1.82, 2.24) is 0 Å². The van der Waals surface area contributed by atoms with Crippen molar-refractivity contribution in [3.05, 3.63) is 100 Å². The lowest BCUT2D eigenvalue weighted by atomic mass is 9.78. The molecule has 1 N–H and O–H groups in total. The monoisotopic (exact) mass is 369 g/mol. The zero-order valence-electron chi connectivity index (χ0n) is 15.0. The summed E-state index contributed by atoms with van der Waals surface area (Å²) >= 11 is 0. The maximum absolute atomic E-state index is 14.1. The van der Waals surface area contributed by atoms with Gasteiger partial charge >= 0.3 is 5.97 Å². The van der Waals surface area contributed by atoms with Crippen LogP contribution in [0.2, 0.25) is 0 Å². The summed E-state index contributed by atoms with van der Waals surface area (Å²) in [6, 6.07) is 19.1. The van der Waals surface area contributed by atoms with E-state index in [-0.39, 0.29) is 24.3 Å². The molecule has 3 aliphatic rings. The molecule has 2 aliphatic heterocycles. The van der Waals surface area contributed by atoms with E-state index in [2.05, 4.69) is 35.6 Å². The third-order valence-corrected chi connectivity index (χ3v) is 5.97. The number of ether oxygens (including phenoxy) is 1. The molecule has 0 saturated heterocycles. The lowest BCUT2D eigenvalue weighted by Crippen LogP contribution is -2.21. The van der Waals surface area contributed by atoms with E-state index < -0.39 is 0 Å². The molecule has 28 heavy (non-hydrogen) atoms. The first-order valence-electron chi connectivity index (χ1n) is 9.37. The van der Waals surface area contributed by atoms with Gasteiger partial charge in [0.1, 0.15) is 12.4 Å². The Morgan fingerprint density at radius 1 is 1.00 bits per heavy atom. The number of halogens is 1. The van der Waals surface area contributed by atoms with E-state index in [1.807, 2.05) is 12.1 Å². The summed E-state index contributed by atoms with van der Waals surface area (Å²) < 4.78 is 19.4. The number of carbonyl (C=O) groups is 1. The summed E-state index contributed by atoms with van der Waals surface area (Å²) in [4.78, 5) is 12.6. The van der Waals surface area contributed by atoms with Gasteiger partial charge in [-0.1, -0.05) is 42.5 Å². The molecule has 0 bridgehead atoms. The standard InChI is InChI=1S/C24H16FNO2/c25-15-6-3-5-14(10-15)21-22-18-11-13-4-1-2-7-16(13)17(18)8-9-19(22)26-20-12-28-24(27)23(20)21/h1-10,21,26H,11-12H2. The first-order valence-corrected chi connectivity index (χ1v) is 9.37. The first-order chi connectivity index (χ1) is 13.7. The second-order valence-electron chi connectivity index (χ2n) is 7.47. The highest BCUT2D eigenvalue weighted by molar-refractivity contribution is 5.98. The zero-order chi connectivity index (χ0) is 18.8. The van der Waals surface area contributed by atoms with E-state index in [0.717, 1.165) is 28.9 Å². The van der Waals surface area contributed by atoms with Crippen molar-refractivity contribution in [1.29, 1.82) is 0 Å². The molecule has 6 rings (SSSR count). The van der Waals surface area contributed by atoms with Crippen molar-refractivity contribution in [2.75, 3.05) is 11.9 Å². The Labute approximate surface area is 161 Å². The maximum Gasteiger partial charge on any atom is 0.337 e. The van der Waals surface area contributed by atoms with Gasteiger partial charge in [-0.2, -0.15) is 0 Å². The Morgan fingerprint density at radius 3 is 2.79 bits per heavy atom. The van der Waals surface area contributed by atoms with Gasteiger partial charge in [-0.15, -0.1) is 0 Å². The van der Waals surface area contributed by atoms with Crippen molar-refractivity contribution in [2.45, 2.75) is 12.3 Å². The third kappa shape index (κ3) is 2.06. The lowest BCUT2D eigenvalue weighted by Gasteiger charge is -2.29. The summed E-state index contributed by atoms with van der Waals surface area (Å²) in [7, 11) is 0. The molecule has 0 spiro atoms. The number of rotatable bonds is 1. The second-order valence-corrected chi connectivity index (χ2v) is 7.47. The molecule has 4 heteroatoms. The Morgan fingerprint density at radius 2 is 1.89 bits per heavy atom. The number of nitrogens with one attached hydrogen (secondary N) is 1. The highest BCUT2D eigenvalue weighted by atomic mass is 19.1. The number of hydrogen-bond donors (Lipinski definition) is 1. The summed E-state index contributed by atoms with van der Waals surface area (Å²) in [5.74, 6) is -0.960. The van der Waals surface area contributed by atoms with Gasteiger partial charge in [0.05, 0.1) is 11.3 Å². The van der Waals surface area contributed by atoms with Crippen LogP contribution in [0.15, 0.2) is 71.9 Å². The number of hydrogen-bond acceptors (Lipinski definition) is 3. The molecule has 2 heterocycles. The minimum absolute atomic E-state index is 0.233. The van der Waals surface area contributed by atoms with Crippen LogP contribution in [0.5, 0.6) is 0 Å². The van der Waals surface area contributed by atoms with Gasteiger partial charge in [-0.05, 0) is 58.0 Å². The molecule has 3 nitrogen and oxygen atoms in total. The van der Waals surface area contributed by atoms with Crippen molar-refractivity contribution in [2.24, 2.45) is 0 Å². The molecular weight excluding hydrogens is 353 g/mol. The molecule has 0 aromatic heterocycles. The van der Waals surface area contributed by atoms with E-state index in [0.29, 0.717) is 5.57 Å². The van der Waals surface area contributed by atoms with Gasteiger partial charge in [0.2, 0.25) is 0 Å². The summed E-state index contributed by atoms with van der Waals surface area (Å²) in [5, 5.41) is 3.40. The van der Waals surface area contributed by atoms with Crippen molar-refractivity contribution < 1.29 is 13.9 Å². The third-order valence-electron chi connectivity index (χ3n) is 5.97. The molecule has 0 saturated carbocycles. The number of carbonyl (C=O) groups excluding carboxylic acids is 1. The number of anilines is 1. The summed E-state index contributed by atoms with van der Waals surface area (Å²) in [5.41, 5.74) is 9.07. The van der Waals surface area contributed by atoms with Crippen LogP contribution >= 0.6 is 0 Å². The SMILES string of the molecule is O=C1OCC2=C1C(c1cccc(F)c1)c1c(ccc3c1Cc1ccccc1-3)N2. The molecule has 136 valence electrons. The van der Waals surface area contributed by atoms with E-state index in [1.165, 1.54) is 34.4 Å². The molecular formula is C24H16FNO2. The molecule has 0 amide bonds. The van der Waals surface area contributed by atoms with Crippen LogP contribution < -0.4 is 5.32 Å². The topological polar surface area (TPSA) is 38.3 Å². The molecule has 0 radical (unpaired) electrons. The smallest absolute Gasteiger partial charge is 0.337 e. The van der Waals surface area contributed by atoms with E-state index in [4.69, 9.17) is 4.74 Å². The highest BCUT2D eigenvalue weighted by Gasteiger charge is 2.41. The normalized spacial score (nSPS) is 18.8. The van der Waals surface area contributed by atoms with E-state index in [1.54, 1.807) is 6.07 Å². The van der Waals surface area contributed by atoms with Gasteiger partial charge in [0, 0.05) is 11.6 Å². The van der Waals surface area contributed by atoms with Gasteiger partial charge < -0.3 is 10.1 Å². The predicted molar refractivity (Wildman–Crippen MR) is 105 cm³/mol. The van der Waals surface area contributed by atoms with Crippen LogP contribution in [0.1, 0.15) is 28.2 Å². The lowest BCUT2D eigenvalue weighted by molar-refractivity contribution is -0.136. The fraction of sp³-hybridized carbons (Fsp3) is 0.125. The van der Waals surface area contributed by atoms with Crippen LogP contribution in [0, 0.1) is 5.82 Å². The average molecular weight is 369 g/mol. The average Bonchev–Trinajstić information content (AvgIpc) is 3.27. The number of cyclic esters (lactones) is 1. The Balaban J connectivity index is 1.63. The van der Waals surface area contributed by atoms with Gasteiger partial charge in [0.15, 0.2) is 0 Å². The van der Waals surface area contributed by atoms with Crippen LogP contribution in [0.3, 0.4) is 0 Å². The molecule has 3 aromatic rings. The van der Waals surface area contributed by atoms with Gasteiger partial charge in [-0.3, -0.25) is 0 Å². The Bertz CT molecular complexity index is 1210. The first kappa shape index (κ1) is 15.6. The highest BCUT2D eigenvalue weighted by Crippen LogP contribution is 2.50. The van der Waals surface area contributed by atoms with Crippen LogP contribution in [-0.4, -0.2) is 12.6 Å². The number of benzene rings is 3. The van der Waals surface area contributed by atoms with Gasteiger partial charge in [0.25, 0.3) is 0 Å². The largest absolute Gasteiger partial charge is 0.456 e. The molecule has 3 aromatic carbocycles. The van der Waals surface area contributed by atoms with Crippen LogP contribution in [0.25, 0.3) is 11.1 Å². The zero-order valence-corrected chi connectivity index (χ0v) is 15.0. The van der Waals surface area contributed by atoms with Crippen LogP contribution in [0.4, 0.5) is 10.1 Å². The van der Waals surface area contributed by atoms with Crippen molar-refractivity contribution in [3.8, 4) is 11.1 Å². The van der Waals surface area contributed by atoms with E-state index in [9.17, 15) is 9.18 Å².